The summed E-state index contributed by atoms with van der Waals surface area (Å²) in [5.41, 5.74) is 4.34. The summed E-state index contributed by atoms with van der Waals surface area (Å²) in [6.07, 6.45) is 0.967. The average Bonchev–Trinajstić information content (AvgIpc) is 2.57. The molecule has 0 N–H and O–H groups in total. The minimum atomic E-state index is 0. The van der Waals surface area contributed by atoms with Crippen LogP contribution >= 0.6 is 24.0 Å². The van der Waals surface area contributed by atoms with Crippen LogP contribution in [-0.4, -0.2) is 18.5 Å². The van der Waals surface area contributed by atoms with Gasteiger partial charge < -0.3 is 9.32 Å². The molecule has 0 saturated heterocycles. The number of benzene rings is 1. The van der Waals surface area contributed by atoms with Gasteiger partial charge in [-0.1, -0.05) is 18.2 Å². The molecule has 0 bridgehead atoms. The number of rotatable bonds is 1. The maximum atomic E-state index is 6.34. The molecule has 2 aromatic rings. The van der Waals surface area contributed by atoms with Crippen molar-refractivity contribution in [2.75, 3.05) is 13.6 Å². The molecule has 2 heterocycles. The summed E-state index contributed by atoms with van der Waals surface area (Å²) in [7, 11) is 2.13. The molecular formula is C15H17Cl2NO. The van der Waals surface area contributed by atoms with Gasteiger partial charge >= 0.3 is 0 Å². The third kappa shape index (κ3) is 2.29. The average molecular weight is 298 g/mol. The van der Waals surface area contributed by atoms with E-state index in [2.05, 4.69) is 18.5 Å². The second kappa shape index (κ2) is 5.20. The minimum Gasteiger partial charge on any atom is -0.456 e. The molecule has 2 nitrogen and oxygen atoms in total. The van der Waals surface area contributed by atoms with E-state index in [4.69, 9.17) is 16.0 Å². The first-order valence-corrected chi connectivity index (χ1v) is 6.53. The van der Waals surface area contributed by atoms with E-state index in [0.717, 1.165) is 41.4 Å². The van der Waals surface area contributed by atoms with Crippen LogP contribution in [0.1, 0.15) is 23.8 Å². The van der Waals surface area contributed by atoms with E-state index >= 15 is 0 Å². The van der Waals surface area contributed by atoms with E-state index in [1.807, 2.05) is 19.1 Å². The standard InChI is InChI=1S/C15H16ClNO.ClH/c1-9(2)15-11-8-17(3)7-6-10-12(16)4-5-13(18-15)14(10)11;/h4-5H,1,6-8H2,2-3H3;1H. The predicted molar refractivity (Wildman–Crippen MR) is 83.2 cm³/mol. The highest BCUT2D eigenvalue weighted by Crippen LogP contribution is 2.37. The van der Waals surface area contributed by atoms with Gasteiger partial charge in [0.15, 0.2) is 0 Å². The summed E-state index contributed by atoms with van der Waals surface area (Å²) >= 11 is 6.34. The summed E-state index contributed by atoms with van der Waals surface area (Å²) in [5.74, 6) is 0.919. The first-order valence-electron chi connectivity index (χ1n) is 6.15. The fraction of sp³-hybridized carbons (Fsp3) is 0.333. The van der Waals surface area contributed by atoms with Gasteiger partial charge in [-0.05, 0) is 43.7 Å². The lowest BCUT2D eigenvalue weighted by Crippen LogP contribution is -2.18. The lowest BCUT2D eigenvalue weighted by atomic mass is 10.0. The maximum Gasteiger partial charge on any atom is 0.135 e. The first-order chi connectivity index (χ1) is 8.58. The first kappa shape index (κ1) is 14.4. The maximum absolute atomic E-state index is 6.34. The van der Waals surface area contributed by atoms with Gasteiger partial charge in [-0.2, -0.15) is 0 Å². The van der Waals surface area contributed by atoms with Crippen molar-refractivity contribution in [1.82, 2.24) is 4.90 Å². The summed E-state index contributed by atoms with van der Waals surface area (Å²) < 4.78 is 5.95. The van der Waals surface area contributed by atoms with Gasteiger partial charge in [-0.25, -0.2) is 0 Å². The second-order valence-electron chi connectivity index (χ2n) is 5.08. The van der Waals surface area contributed by atoms with Gasteiger partial charge in [-0.3, -0.25) is 0 Å². The van der Waals surface area contributed by atoms with Crippen molar-refractivity contribution < 1.29 is 4.42 Å². The molecule has 19 heavy (non-hydrogen) atoms. The lowest BCUT2D eigenvalue weighted by Gasteiger charge is -2.13. The van der Waals surface area contributed by atoms with Crippen molar-refractivity contribution >= 4 is 40.6 Å². The van der Waals surface area contributed by atoms with Gasteiger partial charge in [0, 0.05) is 29.1 Å². The van der Waals surface area contributed by atoms with E-state index in [9.17, 15) is 0 Å². The van der Waals surface area contributed by atoms with E-state index in [-0.39, 0.29) is 12.4 Å². The van der Waals surface area contributed by atoms with Crippen LogP contribution in [0.4, 0.5) is 0 Å². The van der Waals surface area contributed by atoms with E-state index in [1.54, 1.807) is 0 Å². The Hall–Kier alpha value is -0.960. The molecule has 4 heteroatoms. The van der Waals surface area contributed by atoms with Crippen LogP contribution in [0.5, 0.6) is 0 Å². The van der Waals surface area contributed by atoms with Crippen molar-refractivity contribution in [3.05, 3.63) is 40.6 Å². The van der Waals surface area contributed by atoms with Crippen LogP contribution in [0.3, 0.4) is 0 Å². The quantitative estimate of drug-likeness (QED) is 0.769. The Morgan fingerprint density at radius 3 is 2.79 bits per heavy atom. The Morgan fingerprint density at radius 1 is 1.37 bits per heavy atom. The molecule has 1 aromatic carbocycles. The van der Waals surface area contributed by atoms with Crippen molar-refractivity contribution in [3.63, 3.8) is 0 Å². The normalized spacial score (nSPS) is 15.1. The highest BCUT2D eigenvalue weighted by Gasteiger charge is 2.23. The Morgan fingerprint density at radius 2 is 2.11 bits per heavy atom. The lowest BCUT2D eigenvalue weighted by molar-refractivity contribution is 0.334. The largest absolute Gasteiger partial charge is 0.456 e. The third-order valence-corrected chi connectivity index (χ3v) is 3.92. The molecule has 0 aliphatic carbocycles. The Kier molecular flexibility index (Phi) is 3.95. The zero-order valence-electron chi connectivity index (χ0n) is 11.1. The van der Waals surface area contributed by atoms with E-state index < -0.39 is 0 Å². The molecule has 0 unspecified atom stereocenters. The molecule has 1 aliphatic rings. The topological polar surface area (TPSA) is 16.4 Å². The minimum absolute atomic E-state index is 0. The van der Waals surface area contributed by atoms with Gasteiger partial charge in [-0.15, -0.1) is 12.4 Å². The highest BCUT2D eigenvalue weighted by molar-refractivity contribution is 6.32. The molecule has 0 amide bonds. The zero-order chi connectivity index (χ0) is 12.9. The number of hydrogen-bond donors (Lipinski definition) is 0. The number of likely N-dealkylation sites (N-methyl/N-ethyl adjacent to an activating group) is 1. The van der Waals surface area contributed by atoms with Crippen molar-refractivity contribution in [2.45, 2.75) is 19.9 Å². The number of hydrogen-bond acceptors (Lipinski definition) is 2. The molecular weight excluding hydrogens is 281 g/mol. The molecule has 0 atom stereocenters. The second-order valence-corrected chi connectivity index (χ2v) is 5.48. The smallest absolute Gasteiger partial charge is 0.135 e. The highest BCUT2D eigenvalue weighted by atomic mass is 35.5. The summed E-state index contributed by atoms with van der Waals surface area (Å²) in [4.78, 5) is 2.30. The summed E-state index contributed by atoms with van der Waals surface area (Å²) in [6.45, 7) is 7.91. The summed E-state index contributed by atoms with van der Waals surface area (Å²) in [5, 5.41) is 2.04. The number of furan rings is 1. The Labute approximate surface area is 124 Å². The molecule has 1 aromatic heterocycles. The van der Waals surface area contributed by atoms with E-state index in [0.29, 0.717) is 0 Å². The molecule has 3 rings (SSSR count). The van der Waals surface area contributed by atoms with Crippen molar-refractivity contribution in [3.8, 4) is 0 Å². The van der Waals surface area contributed by atoms with Crippen LogP contribution in [0.25, 0.3) is 16.5 Å². The predicted octanol–water partition coefficient (Wildman–Crippen LogP) is 4.53. The number of allylic oxidation sites excluding steroid dienone is 1. The van der Waals surface area contributed by atoms with Crippen LogP contribution in [-0.2, 0) is 13.0 Å². The fourth-order valence-electron chi connectivity index (χ4n) is 2.69. The number of nitrogens with zero attached hydrogens (tertiary/aromatic N) is 1. The van der Waals surface area contributed by atoms with Crippen LogP contribution < -0.4 is 0 Å². The van der Waals surface area contributed by atoms with Crippen LogP contribution in [0.15, 0.2) is 23.1 Å². The van der Waals surface area contributed by atoms with Crippen molar-refractivity contribution in [1.29, 1.82) is 0 Å². The van der Waals surface area contributed by atoms with Crippen LogP contribution in [0.2, 0.25) is 5.02 Å². The SMILES string of the molecule is C=C(C)c1oc2ccc(Cl)c3c2c1CN(C)CC3.Cl. The molecule has 1 aliphatic heterocycles. The Balaban J connectivity index is 0.00000133. The van der Waals surface area contributed by atoms with E-state index in [1.165, 1.54) is 16.5 Å². The number of halogens is 2. The van der Waals surface area contributed by atoms with Gasteiger partial charge in [0.25, 0.3) is 0 Å². The van der Waals surface area contributed by atoms with Crippen molar-refractivity contribution in [2.24, 2.45) is 0 Å². The Bertz CT molecular complexity index is 645. The molecule has 0 saturated carbocycles. The third-order valence-electron chi connectivity index (χ3n) is 3.56. The monoisotopic (exact) mass is 297 g/mol. The molecule has 0 fully saturated rings. The summed E-state index contributed by atoms with van der Waals surface area (Å²) in [6, 6.07) is 3.89. The van der Waals surface area contributed by atoms with Gasteiger partial charge in [0.1, 0.15) is 11.3 Å². The van der Waals surface area contributed by atoms with Gasteiger partial charge in [0.2, 0.25) is 0 Å². The fourth-order valence-corrected chi connectivity index (χ4v) is 2.95. The molecule has 102 valence electrons. The molecule has 0 spiro atoms. The zero-order valence-corrected chi connectivity index (χ0v) is 12.7. The van der Waals surface area contributed by atoms with Crippen LogP contribution in [0, 0.1) is 0 Å². The molecule has 0 radical (unpaired) electrons. The van der Waals surface area contributed by atoms with Gasteiger partial charge in [0.05, 0.1) is 0 Å².